The van der Waals surface area contributed by atoms with Crippen LogP contribution in [0.3, 0.4) is 0 Å². The molecular weight excluding hydrogens is 594 g/mol. The molecule has 45 heavy (non-hydrogen) atoms. The molecule has 2 amide bonds. The third kappa shape index (κ3) is 8.27. The average molecular weight is 638 g/mol. The molecule has 10 nitrogen and oxygen atoms in total. The number of aryl methyl sites for hydroxylation is 1. The number of carbonyl (C=O) groups excluding carboxylic acids is 2. The van der Waals surface area contributed by atoms with Gasteiger partial charge in [-0.1, -0.05) is 49.1 Å². The predicted molar refractivity (Wildman–Crippen MR) is 173 cm³/mol. The number of nitrogens with zero attached hydrogens (tertiary/aromatic N) is 2. The number of hydrogen-bond donors (Lipinski definition) is 1. The first-order valence-corrected chi connectivity index (χ1v) is 16.6. The van der Waals surface area contributed by atoms with Crippen LogP contribution in [0.2, 0.25) is 0 Å². The van der Waals surface area contributed by atoms with Crippen LogP contribution < -0.4 is 23.8 Å². The quantitative estimate of drug-likeness (QED) is 0.278. The predicted octanol–water partition coefficient (Wildman–Crippen LogP) is 5.08. The van der Waals surface area contributed by atoms with Gasteiger partial charge in [-0.3, -0.25) is 13.9 Å². The van der Waals surface area contributed by atoms with Crippen LogP contribution in [0.4, 0.5) is 5.69 Å². The van der Waals surface area contributed by atoms with Crippen molar-refractivity contribution in [3.05, 3.63) is 77.9 Å². The minimum atomic E-state index is -4.27. The number of hydrogen-bond acceptors (Lipinski definition) is 7. The fourth-order valence-electron chi connectivity index (χ4n) is 5.42. The van der Waals surface area contributed by atoms with Gasteiger partial charge < -0.3 is 24.4 Å². The number of benzene rings is 3. The molecule has 0 aliphatic heterocycles. The van der Waals surface area contributed by atoms with E-state index in [0.717, 1.165) is 47.5 Å². The van der Waals surface area contributed by atoms with Gasteiger partial charge in [0.2, 0.25) is 11.8 Å². The summed E-state index contributed by atoms with van der Waals surface area (Å²) in [5.74, 6) is 0.440. The Morgan fingerprint density at radius 1 is 0.867 bits per heavy atom. The third-order valence-corrected chi connectivity index (χ3v) is 9.95. The van der Waals surface area contributed by atoms with Crippen molar-refractivity contribution in [1.82, 2.24) is 10.2 Å². The number of sulfonamides is 1. The van der Waals surface area contributed by atoms with Crippen molar-refractivity contribution in [3.63, 3.8) is 0 Å². The lowest BCUT2D eigenvalue weighted by Crippen LogP contribution is -2.53. The van der Waals surface area contributed by atoms with Gasteiger partial charge in [0.25, 0.3) is 10.0 Å². The second-order valence-electron chi connectivity index (χ2n) is 11.3. The van der Waals surface area contributed by atoms with Crippen LogP contribution in [-0.4, -0.2) is 65.1 Å². The maximum absolute atomic E-state index is 14.3. The van der Waals surface area contributed by atoms with E-state index in [1.807, 2.05) is 19.1 Å². The summed E-state index contributed by atoms with van der Waals surface area (Å²) < 4.78 is 45.7. The first kappa shape index (κ1) is 33.6. The van der Waals surface area contributed by atoms with E-state index >= 15 is 0 Å². The van der Waals surface area contributed by atoms with Gasteiger partial charge in [0.05, 0.1) is 31.9 Å². The molecule has 1 aliphatic rings. The van der Waals surface area contributed by atoms with Gasteiger partial charge in [-0.2, -0.15) is 0 Å². The van der Waals surface area contributed by atoms with Gasteiger partial charge in [0.15, 0.2) is 0 Å². The smallest absolute Gasteiger partial charge is 0.264 e. The van der Waals surface area contributed by atoms with E-state index < -0.39 is 28.5 Å². The molecule has 1 atom stereocenters. The van der Waals surface area contributed by atoms with Crippen LogP contribution in [0.25, 0.3) is 0 Å². The highest BCUT2D eigenvalue weighted by atomic mass is 32.2. The lowest BCUT2D eigenvalue weighted by atomic mass is 9.95. The summed E-state index contributed by atoms with van der Waals surface area (Å²) in [5, 5.41) is 3.12. The lowest BCUT2D eigenvalue weighted by Gasteiger charge is -2.33. The summed E-state index contributed by atoms with van der Waals surface area (Å²) in [7, 11) is 0.193. The van der Waals surface area contributed by atoms with Crippen LogP contribution in [-0.2, 0) is 26.2 Å². The van der Waals surface area contributed by atoms with Crippen molar-refractivity contribution in [2.75, 3.05) is 32.2 Å². The summed E-state index contributed by atoms with van der Waals surface area (Å²) in [5.41, 5.74) is 1.78. The standard InChI is InChI=1S/C34H43N3O7S/c1-24-11-18-30(19-12-24)45(40,41)37(31-21-29(43-4)17-20-32(31)44-5)23-33(38)36(22-26-13-15-28(42-3)16-14-26)25(2)34(39)35-27-9-7-6-8-10-27/h11-21,25,27H,6-10,22-23H2,1-5H3,(H,35,39)/t25-/m0/s1. The monoisotopic (exact) mass is 637 g/mol. The molecule has 0 saturated heterocycles. The van der Waals surface area contributed by atoms with Crippen molar-refractivity contribution in [2.45, 2.75) is 69.5 Å². The molecule has 4 rings (SSSR count). The highest BCUT2D eigenvalue weighted by Gasteiger charge is 2.34. The maximum Gasteiger partial charge on any atom is 0.264 e. The third-order valence-electron chi connectivity index (χ3n) is 8.17. The molecule has 0 radical (unpaired) electrons. The van der Waals surface area contributed by atoms with Crippen molar-refractivity contribution in [2.24, 2.45) is 0 Å². The molecule has 0 unspecified atom stereocenters. The molecule has 1 N–H and O–H groups in total. The van der Waals surface area contributed by atoms with Gasteiger partial charge in [-0.25, -0.2) is 8.42 Å². The summed E-state index contributed by atoms with van der Waals surface area (Å²) >= 11 is 0. The lowest BCUT2D eigenvalue weighted by molar-refractivity contribution is -0.139. The molecule has 242 valence electrons. The molecule has 3 aromatic rings. The summed E-state index contributed by atoms with van der Waals surface area (Å²) in [4.78, 5) is 29.3. The van der Waals surface area contributed by atoms with Crippen molar-refractivity contribution in [3.8, 4) is 17.2 Å². The topological polar surface area (TPSA) is 114 Å². The van der Waals surface area contributed by atoms with E-state index in [-0.39, 0.29) is 34.8 Å². The zero-order valence-corrected chi connectivity index (χ0v) is 27.4. The minimum Gasteiger partial charge on any atom is -0.497 e. The molecule has 11 heteroatoms. The normalized spacial score (nSPS) is 14.2. The molecule has 0 bridgehead atoms. The van der Waals surface area contributed by atoms with Crippen LogP contribution in [0.1, 0.15) is 50.2 Å². The number of methoxy groups -OCH3 is 3. The second kappa shape index (κ2) is 15.2. The zero-order chi connectivity index (χ0) is 32.6. The van der Waals surface area contributed by atoms with Crippen molar-refractivity contribution >= 4 is 27.5 Å². The Morgan fingerprint density at radius 3 is 2.09 bits per heavy atom. The Balaban J connectivity index is 1.74. The van der Waals surface area contributed by atoms with Crippen molar-refractivity contribution < 1.29 is 32.2 Å². The maximum atomic E-state index is 14.3. The van der Waals surface area contributed by atoms with Gasteiger partial charge in [0.1, 0.15) is 29.8 Å². The number of anilines is 1. The van der Waals surface area contributed by atoms with E-state index in [4.69, 9.17) is 14.2 Å². The van der Waals surface area contributed by atoms with E-state index in [9.17, 15) is 18.0 Å². The molecule has 0 heterocycles. The molecule has 0 spiro atoms. The average Bonchev–Trinajstić information content (AvgIpc) is 3.06. The molecule has 3 aromatic carbocycles. The van der Waals surface area contributed by atoms with Gasteiger partial charge >= 0.3 is 0 Å². The first-order chi connectivity index (χ1) is 21.6. The van der Waals surface area contributed by atoms with Crippen molar-refractivity contribution in [1.29, 1.82) is 0 Å². The van der Waals surface area contributed by atoms with Gasteiger partial charge in [-0.05, 0) is 68.7 Å². The number of ether oxygens (including phenoxy) is 3. The Kier molecular flexibility index (Phi) is 11.3. The number of rotatable bonds is 13. The van der Waals surface area contributed by atoms with Gasteiger partial charge in [-0.15, -0.1) is 0 Å². The zero-order valence-electron chi connectivity index (χ0n) is 26.6. The van der Waals surface area contributed by atoms with E-state index in [1.54, 1.807) is 50.4 Å². The molecule has 1 fully saturated rings. The minimum absolute atomic E-state index is 0.00978. The first-order valence-electron chi connectivity index (χ1n) is 15.1. The Labute approximate surface area is 266 Å². The highest BCUT2D eigenvalue weighted by molar-refractivity contribution is 7.92. The largest absolute Gasteiger partial charge is 0.497 e. The van der Waals surface area contributed by atoms with Crippen LogP contribution in [0.15, 0.2) is 71.6 Å². The molecule has 0 aromatic heterocycles. The number of nitrogens with one attached hydrogen (secondary N) is 1. The molecule has 1 aliphatic carbocycles. The number of amides is 2. The van der Waals surface area contributed by atoms with Crippen LogP contribution >= 0.6 is 0 Å². The Morgan fingerprint density at radius 2 is 1.49 bits per heavy atom. The fourth-order valence-corrected chi connectivity index (χ4v) is 6.84. The van der Waals surface area contributed by atoms with Crippen LogP contribution in [0.5, 0.6) is 17.2 Å². The van der Waals surface area contributed by atoms with E-state index in [2.05, 4.69) is 5.32 Å². The summed E-state index contributed by atoms with van der Waals surface area (Å²) in [6.45, 7) is 3.02. The summed E-state index contributed by atoms with van der Waals surface area (Å²) in [6, 6.07) is 17.5. The van der Waals surface area contributed by atoms with E-state index in [0.29, 0.717) is 11.5 Å². The SMILES string of the molecule is COc1ccc(CN(C(=O)CN(c2cc(OC)ccc2OC)S(=O)(=O)c2ccc(C)cc2)[C@@H](C)C(=O)NC2CCCCC2)cc1. The summed E-state index contributed by atoms with van der Waals surface area (Å²) in [6.07, 6.45) is 5.01. The molecular formula is C34H43N3O7S. The Bertz CT molecular complexity index is 1550. The fraction of sp³-hybridized carbons (Fsp3) is 0.412. The Hall–Kier alpha value is -4.25. The second-order valence-corrected chi connectivity index (χ2v) is 13.1. The van der Waals surface area contributed by atoms with Gasteiger partial charge in [0, 0.05) is 18.7 Å². The molecule has 1 saturated carbocycles. The van der Waals surface area contributed by atoms with E-state index in [1.165, 1.54) is 37.3 Å². The highest BCUT2D eigenvalue weighted by Crippen LogP contribution is 2.36. The number of carbonyl (C=O) groups is 2. The van der Waals surface area contributed by atoms with Crippen LogP contribution in [0, 0.1) is 6.92 Å².